The summed E-state index contributed by atoms with van der Waals surface area (Å²) in [7, 11) is -3.17. The third-order valence-electron chi connectivity index (χ3n) is 5.05. The molecule has 0 radical (unpaired) electrons. The molecule has 1 unspecified atom stereocenters. The molecule has 0 rings (SSSR count). The SMILES string of the molecule is CCCOC(C)(OCCCCCCCCCCCC(=O)O)[Si](OCC)(OCC)OCC. The molecule has 0 aliphatic carbocycles. The van der Waals surface area contributed by atoms with Crippen molar-refractivity contribution in [1.29, 1.82) is 0 Å². The lowest BCUT2D eigenvalue weighted by Crippen LogP contribution is -2.66. The highest BCUT2D eigenvalue weighted by Crippen LogP contribution is 2.30. The largest absolute Gasteiger partial charge is 0.563 e. The molecule has 0 aromatic rings. The molecular weight excluding hydrogens is 416 g/mol. The van der Waals surface area contributed by atoms with Crippen molar-refractivity contribution in [2.24, 2.45) is 0 Å². The molecule has 0 heterocycles. The fourth-order valence-corrected chi connectivity index (χ4v) is 6.22. The van der Waals surface area contributed by atoms with Gasteiger partial charge in [-0.25, -0.2) is 0 Å². The first-order valence-corrected chi connectivity index (χ1v) is 14.0. The van der Waals surface area contributed by atoms with Crippen LogP contribution in [0, 0.1) is 0 Å². The third kappa shape index (κ3) is 12.9. The highest BCUT2D eigenvalue weighted by molar-refractivity contribution is 6.63. The number of aliphatic carboxylic acids is 1. The molecule has 0 amide bonds. The van der Waals surface area contributed by atoms with Crippen LogP contribution in [-0.4, -0.2) is 58.3 Å². The maximum Gasteiger partial charge on any atom is 0.563 e. The van der Waals surface area contributed by atoms with Gasteiger partial charge in [0.15, 0.2) is 0 Å². The molecule has 186 valence electrons. The number of carboxylic acid groups (broad SMARTS) is 1. The predicted octanol–water partition coefficient (Wildman–Crippen LogP) is 5.72. The monoisotopic (exact) mass is 464 g/mol. The minimum Gasteiger partial charge on any atom is -0.481 e. The van der Waals surface area contributed by atoms with Gasteiger partial charge in [0.05, 0.1) is 0 Å². The maximum atomic E-state index is 10.5. The Bertz CT molecular complexity index is 419. The molecule has 0 saturated carbocycles. The van der Waals surface area contributed by atoms with Crippen molar-refractivity contribution in [3.8, 4) is 0 Å². The zero-order chi connectivity index (χ0) is 23.4. The molecule has 0 spiro atoms. The van der Waals surface area contributed by atoms with Gasteiger partial charge in [0.25, 0.3) is 0 Å². The van der Waals surface area contributed by atoms with E-state index in [4.69, 9.17) is 27.9 Å². The summed E-state index contributed by atoms with van der Waals surface area (Å²) < 4.78 is 30.5. The number of carboxylic acids is 1. The van der Waals surface area contributed by atoms with Crippen LogP contribution in [0.4, 0.5) is 0 Å². The average molecular weight is 465 g/mol. The Hall–Kier alpha value is -0.513. The second kappa shape index (κ2) is 19.0. The molecule has 8 heteroatoms. The van der Waals surface area contributed by atoms with Crippen molar-refractivity contribution in [3.63, 3.8) is 0 Å². The van der Waals surface area contributed by atoms with Crippen molar-refractivity contribution in [3.05, 3.63) is 0 Å². The van der Waals surface area contributed by atoms with Crippen LogP contribution in [0.5, 0.6) is 0 Å². The second-order valence-electron chi connectivity index (χ2n) is 7.82. The molecule has 0 aromatic heterocycles. The van der Waals surface area contributed by atoms with Crippen LogP contribution in [0.15, 0.2) is 0 Å². The van der Waals surface area contributed by atoms with Crippen molar-refractivity contribution < 1.29 is 32.7 Å². The van der Waals surface area contributed by atoms with E-state index in [0.29, 0.717) is 39.5 Å². The number of unbranched alkanes of at least 4 members (excludes halogenated alkanes) is 8. The predicted molar refractivity (Wildman–Crippen MR) is 125 cm³/mol. The molecule has 1 atom stereocenters. The fourth-order valence-electron chi connectivity index (χ4n) is 3.49. The Labute approximate surface area is 191 Å². The fraction of sp³-hybridized carbons (Fsp3) is 0.957. The molecule has 7 nitrogen and oxygen atoms in total. The molecule has 31 heavy (non-hydrogen) atoms. The van der Waals surface area contributed by atoms with Crippen LogP contribution in [0.1, 0.15) is 105 Å². The van der Waals surface area contributed by atoms with E-state index in [1.807, 2.05) is 27.7 Å². The minimum atomic E-state index is -3.17. The zero-order valence-electron chi connectivity index (χ0n) is 20.7. The topological polar surface area (TPSA) is 83.5 Å². The molecule has 0 saturated heterocycles. The molecule has 0 bridgehead atoms. The molecule has 0 aromatic carbocycles. The Morgan fingerprint density at radius 1 is 0.710 bits per heavy atom. The van der Waals surface area contributed by atoms with Gasteiger partial charge in [-0.2, -0.15) is 0 Å². The number of hydrogen-bond donors (Lipinski definition) is 1. The lowest BCUT2D eigenvalue weighted by Gasteiger charge is -2.42. The van der Waals surface area contributed by atoms with Crippen molar-refractivity contribution in [2.45, 2.75) is 111 Å². The number of ether oxygens (including phenoxy) is 2. The number of rotatable bonds is 23. The zero-order valence-corrected chi connectivity index (χ0v) is 21.7. The Kier molecular flexibility index (Phi) is 18.7. The summed E-state index contributed by atoms with van der Waals surface area (Å²) in [5.74, 6) is -0.693. The number of carbonyl (C=O) groups is 1. The normalized spacial score (nSPS) is 14.0. The van der Waals surface area contributed by atoms with Gasteiger partial charge in [0.2, 0.25) is 5.41 Å². The Morgan fingerprint density at radius 3 is 1.55 bits per heavy atom. The quantitative estimate of drug-likeness (QED) is 0.118. The van der Waals surface area contributed by atoms with Gasteiger partial charge in [-0.3, -0.25) is 4.79 Å². The van der Waals surface area contributed by atoms with Crippen molar-refractivity contribution in [2.75, 3.05) is 33.0 Å². The smallest absolute Gasteiger partial charge is 0.481 e. The van der Waals surface area contributed by atoms with E-state index < -0.39 is 20.2 Å². The summed E-state index contributed by atoms with van der Waals surface area (Å²) in [6.07, 6.45) is 10.9. The lowest BCUT2D eigenvalue weighted by atomic mass is 10.1. The van der Waals surface area contributed by atoms with Crippen molar-refractivity contribution >= 4 is 14.8 Å². The first-order valence-electron chi connectivity index (χ1n) is 12.3. The molecule has 0 aliphatic rings. The van der Waals surface area contributed by atoms with E-state index >= 15 is 0 Å². The van der Waals surface area contributed by atoms with E-state index in [9.17, 15) is 4.79 Å². The average Bonchev–Trinajstić information content (AvgIpc) is 2.73. The van der Waals surface area contributed by atoms with Gasteiger partial charge in [-0.05, 0) is 47.0 Å². The second-order valence-corrected chi connectivity index (χ2v) is 10.7. The molecule has 0 fully saturated rings. The first-order chi connectivity index (χ1) is 14.9. The summed E-state index contributed by atoms with van der Waals surface area (Å²) >= 11 is 0. The van der Waals surface area contributed by atoms with Gasteiger partial charge in [-0.15, -0.1) is 0 Å². The molecular formula is C23H48O7Si. The Morgan fingerprint density at radius 2 is 1.13 bits per heavy atom. The van der Waals surface area contributed by atoms with Gasteiger partial charge in [0.1, 0.15) is 0 Å². The minimum absolute atomic E-state index is 0.293. The van der Waals surface area contributed by atoms with Crippen LogP contribution >= 0.6 is 0 Å². The summed E-state index contributed by atoms with van der Waals surface area (Å²) in [6.45, 7) is 12.4. The van der Waals surface area contributed by atoms with Gasteiger partial charge in [0, 0.05) is 39.5 Å². The summed E-state index contributed by atoms with van der Waals surface area (Å²) in [6, 6.07) is 0. The summed E-state index contributed by atoms with van der Waals surface area (Å²) in [5.41, 5.74) is -1.01. The van der Waals surface area contributed by atoms with E-state index in [0.717, 1.165) is 38.5 Å². The highest BCUT2D eigenvalue weighted by atomic mass is 28.4. The molecule has 0 aliphatic heterocycles. The Balaban J connectivity index is 4.37. The standard InChI is InChI=1S/C23H48O7Si/c1-6-20-26-23(5,31(28-7-2,29-8-3)30-9-4)27-21-18-16-14-12-10-11-13-15-17-19-22(24)25/h6-21H2,1-5H3,(H,24,25). The van der Waals surface area contributed by atoms with Gasteiger partial charge >= 0.3 is 14.8 Å². The maximum absolute atomic E-state index is 10.5. The first kappa shape index (κ1) is 30.5. The van der Waals surface area contributed by atoms with Gasteiger partial charge < -0.3 is 27.9 Å². The molecule has 1 N–H and O–H groups in total. The lowest BCUT2D eigenvalue weighted by molar-refractivity contribution is -0.214. The summed E-state index contributed by atoms with van der Waals surface area (Å²) in [5, 5.41) is 8.64. The van der Waals surface area contributed by atoms with Crippen LogP contribution in [-0.2, 0) is 27.5 Å². The van der Waals surface area contributed by atoms with Crippen molar-refractivity contribution in [1.82, 2.24) is 0 Å². The van der Waals surface area contributed by atoms with E-state index in [-0.39, 0.29) is 0 Å². The van der Waals surface area contributed by atoms with E-state index in [1.165, 1.54) is 25.7 Å². The summed E-state index contributed by atoms with van der Waals surface area (Å²) in [4.78, 5) is 10.5. The van der Waals surface area contributed by atoms with Crippen LogP contribution in [0.25, 0.3) is 0 Å². The van der Waals surface area contributed by atoms with Gasteiger partial charge in [-0.1, -0.05) is 51.9 Å². The van der Waals surface area contributed by atoms with E-state index in [2.05, 4.69) is 6.92 Å². The van der Waals surface area contributed by atoms with E-state index in [1.54, 1.807) is 0 Å². The highest BCUT2D eigenvalue weighted by Gasteiger charge is 2.61. The van der Waals surface area contributed by atoms with Crippen LogP contribution < -0.4 is 0 Å². The third-order valence-corrected chi connectivity index (χ3v) is 8.46. The van der Waals surface area contributed by atoms with Crippen LogP contribution in [0.3, 0.4) is 0 Å². The number of hydrogen-bond acceptors (Lipinski definition) is 6. The van der Waals surface area contributed by atoms with Crippen LogP contribution in [0.2, 0.25) is 0 Å².